The monoisotopic (exact) mass is 351 g/mol. The molecule has 0 aliphatic heterocycles. The molecule has 8 nitrogen and oxygen atoms in total. The largest absolute Gasteiger partial charge is 2.00 e. The van der Waals surface area contributed by atoms with Crippen LogP contribution in [0.3, 0.4) is 0 Å². The Morgan fingerprint density at radius 2 is 0.786 bits per heavy atom. The zero-order chi connectivity index (χ0) is 9.00. The van der Waals surface area contributed by atoms with Gasteiger partial charge in [-0.2, -0.15) is 7.82 Å². The average molecular weight is 351 g/mol. The first-order valence-electron chi connectivity index (χ1n) is 1.40. The van der Waals surface area contributed by atoms with Gasteiger partial charge in [0.1, 0.15) is 0 Å². The normalized spacial score (nSPS) is 8.36. The quantitative estimate of drug-likeness (QED) is 0.180. The molecule has 0 aromatic rings. The van der Waals surface area contributed by atoms with E-state index in [1.807, 2.05) is 0 Å². The van der Waals surface area contributed by atoms with Gasteiger partial charge in [0, 0.05) is 10.4 Å². The summed E-state index contributed by atoms with van der Waals surface area (Å²) in [6, 6.07) is 0. The van der Waals surface area contributed by atoms with Crippen LogP contribution in [0.2, 0.25) is 0 Å². The molecule has 0 aliphatic carbocycles. The van der Waals surface area contributed by atoms with Crippen molar-refractivity contribution < 1.29 is 36.8 Å². The predicted octanol–water partition coefficient (Wildman–Crippen LogP) is -5.69. The van der Waals surface area contributed by atoms with E-state index < -0.39 is 18.2 Å². The van der Waals surface area contributed by atoms with Crippen LogP contribution in [0.25, 0.3) is 0 Å². The fourth-order valence-corrected chi connectivity index (χ4v) is 0. The fraction of sp³-hybridized carbons (Fsp3) is 0. The first-order chi connectivity index (χ1) is 4.00. The van der Waals surface area contributed by atoms with Crippen molar-refractivity contribution in [3.63, 3.8) is 0 Å². The molecule has 0 saturated carbocycles. The van der Waals surface area contributed by atoms with E-state index in [9.17, 15) is 0 Å². The Bertz CT molecular complexity index is 199. The molecule has 0 atom stereocenters. The topological polar surface area (TPSA) is 167 Å². The van der Waals surface area contributed by atoms with Crippen LogP contribution in [0, 0.1) is 0 Å². The van der Waals surface area contributed by atoms with E-state index in [0.717, 1.165) is 0 Å². The van der Waals surface area contributed by atoms with Crippen molar-refractivity contribution in [1.82, 2.24) is 0 Å². The van der Waals surface area contributed by atoms with Crippen molar-refractivity contribution in [2.45, 2.75) is 0 Å². The zero-order valence-corrected chi connectivity index (χ0v) is 17.5. The van der Waals surface area contributed by atoms with E-state index in [-0.39, 0.29) is 151 Å². The van der Waals surface area contributed by atoms with Gasteiger partial charge in [-0.15, -0.1) is 0 Å². The summed E-state index contributed by atoms with van der Waals surface area (Å²) in [5.41, 5.74) is 0. The minimum absolute atomic E-state index is 0. The first-order valence-corrected chi connectivity index (χ1v) is 4.19. The molecule has 14 heteroatoms. The van der Waals surface area contributed by atoms with E-state index in [1.54, 1.807) is 0 Å². The summed E-state index contributed by atoms with van der Waals surface area (Å²) in [4.78, 5) is 25.6. The molecule has 0 radical (unpaired) electrons. The van der Waals surface area contributed by atoms with Gasteiger partial charge < -0.3 is 28.4 Å². The molecule has 0 bridgehead atoms. The van der Waals surface area contributed by atoms with Gasteiger partial charge in [-0.3, -0.25) is 8.42 Å². The van der Waals surface area contributed by atoms with Crippen molar-refractivity contribution >= 4 is 169 Å². The maximum Gasteiger partial charge on any atom is 2.00 e. The summed E-state index contributed by atoms with van der Waals surface area (Å²) < 4.78 is 42.6. The number of phosphoric acid groups is 1. The third kappa shape index (κ3) is 173. The summed E-state index contributed by atoms with van der Waals surface area (Å²) in [6.07, 6.45) is 0. The molecule has 0 spiro atoms. The van der Waals surface area contributed by atoms with Gasteiger partial charge in [0.05, 0.1) is 0 Å². The second kappa shape index (κ2) is 18.0. The molecule has 14 heavy (non-hydrogen) atoms. The van der Waals surface area contributed by atoms with E-state index in [2.05, 4.69) is 0 Å². The Morgan fingerprint density at radius 1 is 0.786 bits per heavy atom. The summed E-state index contributed by atoms with van der Waals surface area (Å²) in [5, 5.41) is 0. The molecule has 0 aliphatic rings. The van der Waals surface area contributed by atoms with Gasteiger partial charge in [0.25, 0.3) is 0 Å². The van der Waals surface area contributed by atoms with Crippen LogP contribution in [0.15, 0.2) is 0 Å². The Balaban J connectivity index is -0.0000000178. The van der Waals surface area contributed by atoms with Crippen LogP contribution >= 0.6 is 7.82 Å². The van der Waals surface area contributed by atoms with Gasteiger partial charge in [0.15, 0.2) is 0 Å². The third-order valence-corrected chi connectivity index (χ3v) is 0. The molecule has 64 valence electrons. The molecular formula is Ca4O8PS+3. The Labute approximate surface area is 200 Å². The first kappa shape index (κ1) is 36.4. The molecule has 0 heterocycles. The van der Waals surface area contributed by atoms with E-state index in [4.69, 9.17) is 36.8 Å². The van der Waals surface area contributed by atoms with Crippen LogP contribution in [-0.4, -0.2) is 168 Å². The van der Waals surface area contributed by atoms with Crippen LogP contribution in [0.5, 0.6) is 0 Å². The molecule has 0 unspecified atom stereocenters. The summed E-state index contributed by atoms with van der Waals surface area (Å²) in [7, 11) is -10.6. The van der Waals surface area contributed by atoms with Gasteiger partial charge in [-0.05, 0) is 0 Å². The van der Waals surface area contributed by atoms with Crippen molar-refractivity contribution in [2.75, 3.05) is 0 Å². The molecule has 0 fully saturated rings. The second-order valence-corrected chi connectivity index (χ2v) is 2.57. The number of hydrogen-bond donors (Lipinski definition) is 0. The molecule has 0 N–H and O–H groups in total. The summed E-state index contributed by atoms with van der Waals surface area (Å²) in [6.45, 7) is 0. The molecule has 0 rings (SSSR count). The van der Waals surface area contributed by atoms with E-state index in [0.29, 0.717) is 0 Å². The zero-order valence-electron chi connectivity index (χ0n) is 6.95. The summed E-state index contributed by atoms with van der Waals surface area (Å²) in [5.74, 6) is 0. The van der Waals surface area contributed by atoms with Crippen LogP contribution in [-0.2, 0) is 15.0 Å². The molecule has 0 amide bonds. The predicted molar refractivity (Wildman–Crippen MR) is 41.1 cm³/mol. The Morgan fingerprint density at radius 3 is 0.786 bits per heavy atom. The Hall–Kier alpha value is 5.02. The average Bonchev–Trinajstić information content (AvgIpc) is 1.12. The van der Waals surface area contributed by atoms with Crippen LogP contribution in [0.1, 0.15) is 0 Å². The second-order valence-electron chi connectivity index (χ2n) is 0.855. The van der Waals surface area contributed by atoms with Gasteiger partial charge >= 0.3 is 151 Å². The van der Waals surface area contributed by atoms with Crippen molar-refractivity contribution in [3.8, 4) is 0 Å². The third-order valence-electron chi connectivity index (χ3n) is 0. The van der Waals surface area contributed by atoms with Crippen molar-refractivity contribution in [1.29, 1.82) is 0 Å². The smallest absolute Gasteiger partial charge is 0.822 e. The fourth-order valence-electron chi connectivity index (χ4n) is 0. The summed E-state index contributed by atoms with van der Waals surface area (Å²) >= 11 is 0. The minimum atomic E-state index is -5.39. The molecule has 0 aromatic carbocycles. The van der Waals surface area contributed by atoms with E-state index in [1.165, 1.54) is 0 Å². The maximum absolute atomic E-state index is 8.55. The van der Waals surface area contributed by atoms with Gasteiger partial charge in [-0.25, -0.2) is 0 Å². The van der Waals surface area contributed by atoms with E-state index >= 15 is 0 Å². The molecule has 0 aromatic heterocycles. The SMILES string of the molecule is O=P([O-])([O-])[O-].O=S(=O)([O-])[O-].[Ca+2].[Ca+2].[Ca+2].[Ca+2]. The molecular weight excluding hydrogens is 351 g/mol. The maximum atomic E-state index is 8.55. The molecule has 0 saturated heterocycles. The minimum Gasteiger partial charge on any atom is -0.822 e. The van der Waals surface area contributed by atoms with Gasteiger partial charge in [0.2, 0.25) is 0 Å². The number of hydrogen-bond acceptors (Lipinski definition) is 8. The van der Waals surface area contributed by atoms with Crippen LogP contribution in [0.4, 0.5) is 0 Å². The van der Waals surface area contributed by atoms with Gasteiger partial charge in [-0.1, -0.05) is 0 Å². The number of rotatable bonds is 0. The standard InChI is InChI=1S/4Ca.H3O4P.H2O4S/c;;;;2*1-5(2,3)4/h;;;;(H3,1,2,3,4);(H2,1,2,3,4)/q4*+2;;/p-5. The van der Waals surface area contributed by atoms with Crippen LogP contribution < -0.4 is 14.7 Å². The van der Waals surface area contributed by atoms with Crippen molar-refractivity contribution in [3.05, 3.63) is 0 Å². The van der Waals surface area contributed by atoms with Crippen molar-refractivity contribution in [2.24, 2.45) is 0 Å². The Kier molecular flexibility index (Phi) is 46.9.